The highest BCUT2D eigenvalue weighted by Gasteiger charge is 2.18. The number of phosphoric acid groups is 1. The molecule has 0 aromatic rings. The van der Waals surface area contributed by atoms with Crippen LogP contribution in [0.5, 0.6) is 0 Å². The molecular weight excluding hydrogens is 447 g/mol. The van der Waals surface area contributed by atoms with Crippen LogP contribution in [0.4, 0.5) is 0 Å². The van der Waals surface area contributed by atoms with Gasteiger partial charge in [0.05, 0.1) is 6.10 Å². The van der Waals surface area contributed by atoms with E-state index in [0.717, 1.165) is 19.3 Å². The van der Waals surface area contributed by atoms with Crippen LogP contribution in [0.1, 0.15) is 110 Å². The molecule has 0 amide bonds. The quantitative estimate of drug-likeness (QED) is 0.0558. The summed E-state index contributed by atoms with van der Waals surface area (Å²) in [5.74, 6) is -1.11. The van der Waals surface area contributed by atoms with E-state index in [1.165, 1.54) is 64.2 Å². The number of carboxylic acid groups (broad SMARTS) is 1. The van der Waals surface area contributed by atoms with Crippen LogP contribution < -0.4 is 16.8 Å². The number of hydrogen-bond acceptors (Lipinski definition) is 5. The van der Waals surface area contributed by atoms with Gasteiger partial charge in [-0.2, -0.15) is 0 Å². The summed E-state index contributed by atoms with van der Waals surface area (Å²) >= 11 is 0. The minimum Gasteiger partial charge on any atom is -0.480 e. The Kier molecular flexibility index (Phi) is 23.3. The molecular formula is C22H49N4O6P. The number of nitrogens with two attached hydrogens (primary N) is 2. The molecule has 10 nitrogen and oxygen atoms in total. The first-order chi connectivity index (χ1) is 15.5. The van der Waals surface area contributed by atoms with Crippen molar-refractivity contribution in [3.8, 4) is 0 Å². The molecule has 0 fully saturated rings. The zero-order chi connectivity index (χ0) is 25.5. The van der Waals surface area contributed by atoms with E-state index in [0.29, 0.717) is 19.4 Å². The van der Waals surface area contributed by atoms with Crippen LogP contribution >= 0.6 is 7.82 Å². The van der Waals surface area contributed by atoms with Gasteiger partial charge in [0.25, 0.3) is 0 Å². The Labute approximate surface area is 200 Å². The second-order valence-corrected chi connectivity index (χ2v) is 9.70. The Bertz CT molecular complexity index is 533. The molecule has 0 rings (SSSR count). The fourth-order valence-electron chi connectivity index (χ4n) is 3.23. The second kappa shape index (κ2) is 22.6. The predicted octanol–water partition coefficient (Wildman–Crippen LogP) is 4.24. The molecule has 2 atom stereocenters. The summed E-state index contributed by atoms with van der Waals surface area (Å²) in [5, 5.41) is 17.7. The maximum atomic E-state index is 10.6. The molecule has 0 spiro atoms. The summed E-state index contributed by atoms with van der Waals surface area (Å²) in [6, 6.07) is -0.821. The van der Waals surface area contributed by atoms with Crippen molar-refractivity contribution in [3.05, 3.63) is 0 Å². The molecule has 198 valence electrons. The van der Waals surface area contributed by atoms with Crippen molar-refractivity contribution in [2.45, 2.75) is 122 Å². The highest BCUT2D eigenvalue weighted by atomic mass is 31.2. The molecule has 33 heavy (non-hydrogen) atoms. The van der Waals surface area contributed by atoms with Gasteiger partial charge in [-0.15, -0.1) is 0 Å². The summed E-state index contributed by atoms with van der Waals surface area (Å²) in [5.41, 5.74) is 10.2. The molecule has 0 aromatic carbocycles. The molecule has 0 bridgehead atoms. The van der Waals surface area contributed by atoms with Gasteiger partial charge in [0.15, 0.2) is 5.96 Å². The smallest absolute Gasteiger partial charge is 0.469 e. The van der Waals surface area contributed by atoms with Gasteiger partial charge in [-0.25, -0.2) is 4.57 Å². The van der Waals surface area contributed by atoms with Crippen molar-refractivity contribution in [1.82, 2.24) is 5.32 Å². The van der Waals surface area contributed by atoms with Crippen LogP contribution in [-0.2, 0) is 13.9 Å². The maximum Gasteiger partial charge on any atom is 0.469 e. The fourth-order valence-corrected chi connectivity index (χ4v) is 3.80. The normalized spacial score (nSPS) is 13.0. The zero-order valence-corrected chi connectivity index (χ0v) is 21.5. The van der Waals surface area contributed by atoms with E-state index < -0.39 is 19.8 Å². The number of guanidine groups is 1. The number of unbranched alkanes of at least 4 members (excludes halogenated alkanes) is 11. The van der Waals surface area contributed by atoms with E-state index in [9.17, 15) is 9.36 Å². The van der Waals surface area contributed by atoms with Crippen molar-refractivity contribution in [1.29, 1.82) is 5.41 Å². The van der Waals surface area contributed by atoms with Crippen LogP contribution in [0.25, 0.3) is 0 Å². The van der Waals surface area contributed by atoms with E-state index in [1.807, 2.05) is 0 Å². The summed E-state index contributed by atoms with van der Waals surface area (Å²) in [7, 11) is -4.31. The van der Waals surface area contributed by atoms with Crippen LogP contribution in [0.15, 0.2) is 0 Å². The summed E-state index contributed by atoms with van der Waals surface area (Å²) < 4.78 is 15.2. The van der Waals surface area contributed by atoms with E-state index in [2.05, 4.69) is 16.8 Å². The van der Waals surface area contributed by atoms with Gasteiger partial charge in [-0.05, 0) is 26.2 Å². The molecule has 0 aromatic heterocycles. The fraction of sp³-hybridized carbons (Fsp3) is 0.909. The molecule has 1 unspecified atom stereocenters. The third-order valence-corrected chi connectivity index (χ3v) is 5.74. The molecule has 0 radical (unpaired) electrons. The molecule has 11 heteroatoms. The Morgan fingerprint density at radius 1 is 0.939 bits per heavy atom. The van der Waals surface area contributed by atoms with Gasteiger partial charge in [-0.1, -0.05) is 84.0 Å². The van der Waals surface area contributed by atoms with Gasteiger partial charge in [-0.3, -0.25) is 14.7 Å². The van der Waals surface area contributed by atoms with E-state index in [4.69, 9.17) is 31.8 Å². The van der Waals surface area contributed by atoms with Crippen LogP contribution in [-0.4, -0.2) is 45.5 Å². The molecule has 0 aliphatic rings. The maximum absolute atomic E-state index is 10.6. The van der Waals surface area contributed by atoms with Crippen molar-refractivity contribution in [2.75, 3.05) is 6.54 Å². The van der Waals surface area contributed by atoms with E-state index in [1.54, 1.807) is 6.92 Å². The Hall–Kier alpha value is -1.19. The largest absolute Gasteiger partial charge is 0.480 e. The zero-order valence-electron chi connectivity index (χ0n) is 20.6. The van der Waals surface area contributed by atoms with Crippen LogP contribution in [0.3, 0.4) is 0 Å². The van der Waals surface area contributed by atoms with Crippen LogP contribution in [0.2, 0.25) is 0 Å². The van der Waals surface area contributed by atoms with Crippen molar-refractivity contribution < 1.29 is 28.8 Å². The van der Waals surface area contributed by atoms with Crippen molar-refractivity contribution in [3.63, 3.8) is 0 Å². The molecule has 0 saturated carbocycles. The SMILES string of the molecule is CCCCCCCCCCCCCCC(C)OP(=O)(O)O.N=C(N)NCCC[C@H](N)C(=O)O. The number of rotatable bonds is 20. The standard InChI is InChI=1S/C16H35O4P.C6H14N4O2/c1-3-4-5-6-7-8-9-10-11-12-13-14-15-16(2)20-21(17,18)19;7-4(5(11)12)2-1-3-10-6(8)9/h16H,3-15H2,1-2H3,(H2,17,18,19);4H,1-3,7H2,(H,11,12)(H4,8,9,10)/t;4-/m.0/s1. The predicted molar refractivity (Wildman–Crippen MR) is 133 cm³/mol. The Morgan fingerprint density at radius 3 is 1.79 bits per heavy atom. The number of phosphoric ester groups is 1. The number of carbonyl (C=O) groups is 1. The van der Waals surface area contributed by atoms with Gasteiger partial charge in [0.1, 0.15) is 6.04 Å². The minimum absolute atomic E-state index is 0.112. The molecule has 0 aliphatic carbocycles. The van der Waals surface area contributed by atoms with Crippen LogP contribution in [0, 0.1) is 5.41 Å². The monoisotopic (exact) mass is 496 g/mol. The lowest BCUT2D eigenvalue weighted by Crippen LogP contribution is -2.34. The first kappa shape index (κ1) is 34.0. The Balaban J connectivity index is 0. The first-order valence-electron chi connectivity index (χ1n) is 12.3. The molecule has 9 N–H and O–H groups in total. The number of nitrogens with one attached hydrogen (secondary N) is 2. The lowest BCUT2D eigenvalue weighted by molar-refractivity contribution is -0.138. The number of aliphatic carboxylic acids is 1. The molecule has 0 aliphatic heterocycles. The number of carboxylic acids is 1. The molecule has 0 saturated heterocycles. The summed E-state index contributed by atoms with van der Waals surface area (Å²) in [6.45, 7) is 4.45. The summed E-state index contributed by atoms with van der Waals surface area (Å²) in [6.07, 6.45) is 16.9. The van der Waals surface area contributed by atoms with Gasteiger partial charge in [0.2, 0.25) is 0 Å². The minimum atomic E-state index is -4.31. The first-order valence-corrected chi connectivity index (χ1v) is 13.8. The van der Waals surface area contributed by atoms with E-state index >= 15 is 0 Å². The summed E-state index contributed by atoms with van der Waals surface area (Å²) in [4.78, 5) is 27.6. The van der Waals surface area contributed by atoms with Crippen molar-refractivity contribution in [2.24, 2.45) is 11.5 Å². The van der Waals surface area contributed by atoms with Gasteiger partial charge in [0, 0.05) is 6.54 Å². The van der Waals surface area contributed by atoms with Gasteiger partial charge < -0.3 is 31.7 Å². The third kappa shape index (κ3) is 30.8. The van der Waals surface area contributed by atoms with Crippen molar-refractivity contribution >= 4 is 19.8 Å². The third-order valence-electron chi connectivity index (χ3n) is 5.11. The average molecular weight is 497 g/mol. The Morgan fingerprint density at radius 2 is 1.39 bits per heavy atom. The van der Waals surface area contributed by atoms with Gasteiger partial charge >= 0.3 is 13.8 Å². The highest BCUT2D eigenvalue weighted by molar-refractivity contribution is 7.46. The highest BCUT2D eigenvalue weighted by Crippen LogP contribution is 2.38. The lowest BCUT2D eigenvalue weighted by atomic mass is 10.0. The lowest BCUT2D eigenvalue weighted by Gasteiger charge is -2.13. The number of hydrogen-bond donors (Lipinski definition) is 7. The average Bonchev–Trinajstić information content (AvgIpc) is 2.70. The second-order valence-electron chi connectivity index (χ2n) is 8.51. The molecule has 0 heterocycles. The van der Waals surface area contributed by atoms with E-state index in [-0.39, 0.29) is 12.1 Å². The topological polar surface area (TPSA) is 192 Å².